The quantitative estimate of drug-likeness (QED) is 0.469. The summed E-state index contributed by atoms with van der Waals surface area (Å²) < 4.78 is 46.0. The number of halogens is 3. The Hall–Kier alpha value is -3.95. The lowest BCUT2D eigenvalue weighted by molar-refractivity contribution is -0.137. The molecule has 0 bridgehead atoms. The van der Waals surface area contributed by atoms with Gasteiger partial charge in [-0.2, -0.15) is 23.0 Å². The van der Waals surface area contributed by atoms with E-state index in [1.165, 1.54) is 28.9 Å². The molecule has 0 radical (unpaired) electrons. The van der Waals surface area contributed by atoms with Gasteiger partial charge in [0, 0.05) is 29.9 Å². The van der Waals surface area contributed by atoms with Crippen molar-refractivity contribution in [2.75, 3.05) is 5.32 Å². The SMILES string of the molecule is O=C(Nc1cc(C2CC2)nn1-c1ncccn1)c1ccc(-c2cccc(C(F)(F)F)c2)o1. The first kappa shape index (κ1) is 20.0. The van der Waals surface area contributed by atoms with Crippen LogP contribution < -0.4 is 5.32 Å². The van der Waals surface area contributed by atoms with Crippen molar-refractivity contribution in [1.29, 1.82) is 0 Å². The number of carbonyl (C=O) groups excluding carboxylic acids is 1. The van der Waals surface area contributed by atoms with Gasteiger partial charge in [0.2, 0.25) is 0 Å². The van der Waals surface area contributed by atoms with Gasteiger partial charge in [-0.1, -0.05) is 12.1 Å². The first-order chi connectivity index (χ1) is 15.4. The number of aromatic nitrogens is 4. The molecule has 0 spiro atoms. The number of hydrogen-bond acceptors (Lipinski definition) is 5. The highest BCUT2D eigenvalue weighted by atomic mass is 19.4. The molecule has 0 unspecified atom stereocenters. The second kappa shape index (κ2) is 7.63. The Kier molecular flexibility index (Phi) is 4.76. The molecule has 3 heterocycles. The van der Waals surface area contributed by atoms with Gasteiger partial charge >= 0.3 is 6.18 Å². The fourth-order valence-corrected chi connectivity index (χ4v) is 3.26. The number of nitrogens with one attached hydrogen (secondary N) is 1. The number of furan rings is 1. The Labute approximate surface area is 179 Å². The summed E-state index contributed by atoms with van der Waals surface area (Å²) in [7, 11) is 0. The van der Waals surface area contributed by atoms with E-state index in [-0.39, 0.29) is 17.1 Å². The van der Waals surface area contributed by atoms with Crippen LogP contribution in [0.25, 0.3) is 17.3 Å². The second-order valence-corrected chi connectivity index (χ2v) is 7.39. The zero-order valence-electron chi connectivity index (χ0n) is 16.5. The molecule has 0 aliphatic heterocycles. The van der Waals surface area contributed by atoms with E-state index >= 15 is 0 Å². The highest BCUT2D eigenvalue weighted by molar-refractivity contribution is 6.02. The molecule has 32 heavy (non-hydrogen) atoms. The van der Waals surface area contributed by atoms with Crippen molar-refractivity contribution in [3.63, 3.8) is 0 Å². The van der Waals surface area contributed by atoms with Crippen LogP contribution in [0, 0.1) is 0 Å². The number of benzene rings is 1. The van der Waals surface area contributed by atoms with Gasteiger partial charge in [-0.15, -0.1) is 0 Å². The van der Waals surface area contributed by atoms with Crippen LogP contribution in [-0.4, -0.2) is 25.7 Å². The van der Waals surface area contributed by atoms with E-state index in [2.05, 4.69) is 20.4 Å². The summed E-state index contributed by atoms with van der Waals surface area (Å²) in [5.41, 5.74) is 0.256. The molecule has 4 aromatic rings. The Bertz CT molecular complexity index is 1280. The van der Waals surface area contributed by atoms with E-state index < -0.39 is 17.6 Å². The molecule has 3 aromatic heterocycles. The standard InChI is InChI=1S/C22H16F3N5O2/c23-22(24,25)15-4-1-3-14(11-15)17-7-8-18(32-17)20(31)28-19-12-16(13-5-6-13)29-30(19)21-26-9-2-10-27-21/h1-4,7-13H,5-6H2,(H,28,31). The Morgan fingerprint density at radius 3 is 2.56 bits per heavy atom. The molecule has 0 saturated heterocycles. The zero-order valence-corrected chi connectivity index (χ0v) is 16.5. The van der Waals surface area contributed by atoms with Crippen LogP contribution in [0.4, 0.5) is 19.0 Å². The van der Waals surface area contributed by atoms with Crippen LogP contribution in [0.1, 0.15) is 40.6 Å². The predicted molar refractivity (Wildman–Crippen MR) is 108 cm³/mol. The minimum atomic E-state index is -4.47. The minimum Gasteiger partial charge on any atom is -0.451 e. The summed E-state index contributed by atoms with van der Waals surface area (Å²) in [4.78, 5) is 21.2. The van der Waals surface area contributed by atoms with E-state index in [9.17, 15) is 18.0 Å². The molecule has 1 aliphatic carbocycles. The molecule has 5 rings (SSSR count). The predicted octanol–water partition coefficient (Wildman–Crippen LogP) is 5.07. The highest BCUT2D eigenvalue weighted by Crippen LogP contribution is 2.40. The highest BCUT2D eigenvalue weighted by Gasteiger charge is 2.31. The van der Waals surface area contributed by atoms with Crippen LogP contribution in [0.5, 0.6) is 0 Å². The third-order valence-corrected chi connectivity index (χ3v) is 5.01. The molecule has 162 valence electrons. The topological polar surface area (TPSA) is 85.8 Å². The maximum Gasteiger partial charge on any atom is 0.416 e. The number of rotatable bonds is 5. The lowest BCUT2D eigenvalue weighted by Gasteiger charge is -2.07. The van der Waals surface area contributed by atoms with Gasteiger partial charge in [0.1, 0.15) is 11.6 Å². The van der Waals surface area contributed by atoms with Crippen molar-refractivity contribution in [3.05, 3.63) is 77.9 Å². The van der Waals surface area contributed by atoms with Crippen LogP contribution in [-0.2, 0) is 6.18 Å². The van der Waals surface area contributed by atoms with Crippen LogP contribution >= 0.6 is 0 Å². The summed E-state index contributed by atoms with van der Waals surface area (Å²) in [6.07, 6.45) is 0.720. The fraction of sp³-hybridized carbons (Fsp3) is 0.182. The number of amides is 1. The van der Waals surface area contributed by atoms with E-state index in [1.807, 2.05) is 0 Å². The second-order valence-electron chi connectivity index (χ2n) is 7.39. The summed E-state index contributed by atoms with van der Waals surface area (Å²) in [5.74, 6) is 0.556. The van der Waals surface area contributed by atoms with Gasteiger partial charge in [-0.05, 0) is 43.2 Å². The number of carbonyl (C=O) groups is 1. The monoisotopic (exact) mass is 439 g/mol. The van der Waals surface area contributed by atoms with Crippen molar-refractivity contribution in [1.82, 2.24) is 19.7 Å². The first-order valence-electron chi connectivity index (χ1n) is 9.84. The van der Waals surface area contributed by atoms with Gasteiger partial charge in [-0.25, -0.2) is 9.97 Å². The van der Waals surface area contributed by atoms with Gasteiger partial charge < -0.3 is 9.73 Å². The lowest BCUT2D eigenvalue weighted by Crippen LogP contribution is -2.15. The maximum atomic E-state index is 13.0. The van der Waals surface area contributed by atoms with Crippen LogP contribution in [0.2, 0.25) is 0 Å². The zero-order chi connectivity index (χ0) is 22.3. The molecule has 0 atom stereocenters. The molecule has 7 nitrogen and oxygen atoms in total. The van der Waals surface area contributed by atoms with Crippen molar-refractivity contribution >= 4 is 11.7 Å². The van der Waals surface area contributed by atoms with Gasteiger partial charge in [0.25, 0.3) is 11.9 Å². The minimum absolute atomic E-state index is 0.0490. The van der Waals surface area contributed by atoms with Crippen molar-refractivity contribution in [3.8, 4) is 17.3 Å². The van der Waals surface area contributed by atoms with Gasteiger partial charge in [-0.3, -0.25) is 4.79 Å². The summed E-state index contributed by atoms with van der Waals surface area (Å²) in [5, 5.41) is 7.25. The average molecular weight is 439 g/mol. The summed E-state index contributed by atoms with van der Waals surface area (Å²) in [6.45, 7) is 0. The molecule has 10 heteroatoms. The van der Waals surface area contributed by atoms with E-state index in [1.54, 1.807) is 24.5 Å². The molecular formula is C22H16F3N5O2. The van der Waals surface area contributed by atoms with E-state index in [4.69, 9.17) is 4.42 Å². The average Bonchev–Trinajstić information content (AvgIpc) is 3.36. The van der Waals surface area contributed by atoms with Crippen LogP contribution in [0.15, 0.2) is 65.3 Å². The lowest BCUT2D eigenvalue weighted by atomic mass is 10.1. The van der Waals surface area contributed by atoms with Crippen molar-refractivity contribution < 1.29 is 22.4 Å². The van der Waals surface area contributed by atoms with E-state index in [0.717, 1.165) is 30.7 Å². The molecule has 1 fully saturated rings. The van der Waals surface area contributed by atoms with Crippen LogP contribution in [0.3, 0.4) is 0 Å². The fourth-order valence-electron chi connectivity index (χ4n) is 3.26. The maximum absolute atomic E-state index is 13.0. The largest absolute Gasteiger partial charge is 0.451 e. The molecule has 1 amide bonds. The smallest absolute Gasteiger partial charge is 0.416 e. The third kappa shape index (κ3) is 3.98. The number of alkyl halides is 3. The third-order valence-electron chi connectivity index (χ3n) is 5.01. The van der Waals surface area contributed by atoms with Gasteiger partial charge in [0.15, 0.2) is 5.76 Å². The molecule has 1 aromatic carbocycles. The Balaban J connectivity index is 1.41. The Morgan fingerprint density at radius 2 is 1.84 bits per heavy atom. The number of nitrogens with zero attached hydrogens (tertiary/aromatic N) is 4. The van der Waals surface area contributed by atoms with Crippen molar-refractivity contribution in [2.24, 2.45) is 0 Å². The molecule has 1 N–H and O–H groups in total. The van der Waals surface area contributed by atoms with E-state index in [0.29, 0.717) is 17.7 Å². The van der Waals surface area contributed by atoms with Crippen molar-refractivity contribution in [2.45, 2.75) is 24.9 Å². The molecular weight excluding hydrogens is 423 g/mol. The summed E-state index contributed by atoms with van der Waals surface area (Å²) >= 11 is 0. The first-order valence-corrected chi connectivity index (χ1v) is 9.84. The summed E-state index contributed by atoms with van der Waals surface area (Å²) in [6, 6.07) is 11.0. The Morgan fingerprint density at radius 1 is 1.06 bits per heavy atom. The molecule has 1 saturated carbocycles. The number of anilines is 1. The molecule has 1 aliphatic rings. The number of hydrogen-bond donors (Lipinski definition) is 1. The van der Waals surface area contributed by atoms with Gasteiger partial charge in [0.05, 0.1) is 11.3 Å². The normalized spacial score (nSPS) is 13.8.